The van der Waals surface area contributed by atoms with E-state index in [2.05, 4.69) is 4.98 Å². The third-order valence-corrected chi connectivity index (χ3v) is 3.29. The largest absolute Gasteiger partial charge is 0.388 e. The van der Waals surface area contributed by atoms with Crippen molar-refractivity contribution in [3.63, 3.8) is 0 Å². The second-order valence-electron chi connectivity index (χ2n) is 3.77. The van der Waals surface area contributed by atoms with Crippen LogP contribution in [0.3, 0.4) is 0 Å². The molecule has 0 aliphatic carbocycles. The van der Waals surface area contributed by atoms with Crippen molar-refractivity contribution in [1.29, 1.82) is 0 Å². The van der Waals surface area contributed by atoms with Crippen LogP contribution < -0.4 is 0 Å². The highest BCUT2D eigenvalue weighted by atomic mass is 32.1. The van der Waals surface area contributed by atoms with Crippen LogP contribution >= 0.6 is 11.3 Å². The molecule has 0 saturated heterocycles. The summed E-state index contributed by atoms with van der Waals surface area (Å²) >= 11 is 1.39. The molecule has 90 valence electrons. The fourth-order valence-corrected chi connectivity index (χ4v) is 2.22. The lowest BCUT2D eigenvalue weighted by Crippen LogP contribution is -2.05. The van der Waals surface area contributed by atoms with Gasteiger partial charge >= 0.3 is 0 Å². The van der Waals surface area contributed by atoms with Gasteiger partial charge < -0.3 is 5.11 Å². The smallest absolute Gasteiger partial charge is 0.131 e. The predicted molar refractivity (Wildman–Crippen MR) is 61.9 cm³/mol. The quantitative estimate of drug-likeness (QED) is 0.914. The summed E-state index contributed by atoms with van der Waals surface area (Å²) in [5.41, 5.74) is 0.429. The summed E-state index contributed by atoms with van der Waals surface area (Å²) in [7, 11) is 0. The number of rotatable bonds is 3. The maximum absolute atomic E-state index is 13.5. The monoisotopic (exact) mass is 255 g/mol. The molecule has 2 rings (SSSR count). The number of aryl methyl sites for hydroxylation is 1. The topological polar surface area (TPSA) is 33.1 Å². The summed E-state index contributed by atoms with van der Waals surface area (Å²) in [4.78, 5) is 4.01. The van der Waals surface area contributed by atoms with Crippen molar-refractivity contribution in [2.24, 2.45) is 0 Å². The number of benzene rings is 1. The van der Waals surface area contributed by atoms with Crippen LogP contribution in [-0.4, -0.2) is 10.1 Å². The summed E-state index contributed by atoms with van der Waals surface area (Å²) in [6.07, 6.45) is 0.860. The van der Waals surface area contributed by atoms with Gasteiger partial charge in [-0.3, -0.25) is 0 Å². The Morgan fingerprint density at radius 3 is 2.76 bits per heavy atom. The van der Waals surface area contributed by atoms with Gasteiger partial charge in [0.1, 0.15) is 11.6 Å². The van der Waals surface area contributed by atoms with Crippen molar-refractivity contribution in [2.75, 3.05) is 0 Å². The van der Waals surface area contributed by atoms with Crippen molar-refractivity contribution < 1.29 is 13.9 Å². The first kappa shape index (κ1) is 12.1. The molecule has 2 aromatic rings. The van der Waals surface area contributed by atoms with Crippen LogP contribution in [0.15, 0.2) is 23.7 Å². The standard InChI is InChI=1S/C12H11F2NOS/c1-7-4-8(10(14)5-9(7)13)11(16)6-12-15-2-3-17-12/h2-5,11,16H,6H2,1H3. The average Bonchev–Trinajstić information content (AvgIpc) is 2.76. The van der Waals surface area contributed by atoms with Crippen molar-refractivity contribution in [2.45, 2.75) is 19.4 Å². The molecule has 0 fully saturated rings. The fourth-order valence-electron chi connectivity index (χ4n) is 1.56. The number of aliphatic hydroxyl groups excluding tert-OH is 1. The lowest BCUT2D eigenvalue weighted by Gasteiger charge is -2.11. The molecule has 0 aliphatic heterocycles. The van der Waals surface area contributed by atoms with E-state index in [1.54, 1.807) is 11.6 Å². The first-order valence-electron chi connectivity index (χ1n) is 5.10. The van der Waals surface area contributed by atoms with Crippen molar-refractivity contribution in [3.8, 4) is 0 Å². The molecule has 0 amide bonds. The highest BCUT2D eigenvalue weighted by Crippen LogP contribution is 2.24. The van der Waals surface area contributed by atoms with E-state index >= 15 is 0 Å². The van der Waals surface area contributed by atoms with Gasteiger partial charge in [0.2, 0.25) is 0 Å². The SMILES string of the molecule is Cc1cc(C(O)Cc2nccs2)c(F)cc1F. The highest BCUT2D eigenvalue weighted by Gasteiger charge is 2.16. The van der Waals surface area contributed by atoms with Gasteiger partial charge in [-0.25, -0.2) is 13.8 Å². The van der Waals surface area contributed by atoms with Crippen LogP contribution in [0.2, 0.25) is 0 Å². The number of halogens is 2. The maximum atomic E-state index is 13.5. The number of hydrogen-bond donors (Lipinski definition) is 1. The van der Waals surface area contributed by atoms with E-state index in [0.717, 1.165) is 11.1 Å². The lowest BCUT2D eigenvalue weighted by molar-refractivity contribution is 0.173. The third-order valence-electron chi connectivity index (χ3n) is 2.49. The minimum Gasteiger partial charge on any atom is -0.388 e. The molecule has 0 saturated carbocycles. The van der Waals surface area contributed by atoms with Crippen LogP contribution in [0, 0.1) is 18.6 Å². The molecular formula is C12H11F2NOS. The van der Waals surface area contributed by atoms with Gasteiger partial charge in [0, 0.05) is 29.6 Å². The fraction of sp³-hybridized carbons (Fsp3) is 0.250. The minimum atomic E-state index is -1.000. The number of thiazole rings is 1. The normalized spacial score (nSPS) is 12.7. The van der Waals surface area contributed by atoms with E-state index in [4.69, 9.17) is 0 Å². The molecule has 1 N–H and O–H groups in total. The van der Waals surface area contributed by atoms with Gasteiger partial charge in [-0.2, -0.15) is 0 Å². The van der Waals surface area contributed by atoms with Gasteiger partial charge in [-0.1, -0.05) is 0 Å². The molecule has 5 heteroatoms. The predicted octanol–water partition coefficient (Wildman–Crippen LogP) is 3.01. The highest BCUT2D eigenvalue weighted by molar-refractivity contribution is 7.09. The van der Waals surface area contributed by atoms with E-state index < -0.39 is 17.7 Å². The van der Waals surface area contributed by atoms with Gasteiger partial charge in [0.05, 0.1) is 11.1 Å². The third kappa shape index (κ3) is 2.68. The zero-order valence-electron chi connectivity index (χ0n) is 9.15. The van der Waals surface area contributed by atoms with E-state index in [1.165, 1.54) is 24.3 Å². The molecular weight excluding hydrogens is 244 g/mol. The number of aromatic nitrogens is 1. The number of hydrogen-bond acceptors (Lipinski definition) is 3. The molecule has 0 bridgehead atoms. The average molecular weight is 255 g/mol. The second kappa shape index (κ2) is 4.89. The maximum Gasteiger partial charge on any atom is 0.131 e. The Morgan fingerprint density at radius 2 is 2.12 bits per heavy atom. The van der Waals surface area contributed by atoms with E-state index in [9.17, 15) is 13.9 Å². The van der Waals surface area contributed by atoms with Crippen molar-refractivity contribution in [1.82, 2.24) is 4.98 Å². The van der Waals surface area contributed by atoms with Crippen LogP contribution in [0.5, 0.6) is 0 Å². The molecule has 0 spiro atoms. The molecule has 1 unspecified atom stereocenters. The number of aliphatic hydroxyl groups is 1. The summed E-state index contributed by atoms with van der Waals surface area (Å²) in [6, 6.07) is 2.14. The molecule has 1 heterocycles. The molecule has 1 aromatic carbocycles. The van der Waals surface area contributed by atoms with Gasteiger partial charge in [-0.05, 0) is 18.6 Å². The Hall–Kier alpha value is -1.33. The van der Waals surface area contributed by atoms with Crippen LogP contribution in [0.4, 0.5) is 8.78 Å². The van der Waals surface area contributed by atoms with E-state index in [-0.39, 0.29) is 12.0 Å². The first-order chi connectivity index (χ1) is 8.08. The lowest BCUT2D eigenvalue weighted by atomic mass is 10.0. The minimum absolute atomic E-state index is 0.110. The molecule has 2 nitrogen and oxygen atoms in total. The second-order valence-corrected chi connectivity index (χ2v) is 4.75. The van der Waals surface area contributed by atoms with Crippen LogP contribution in [-0.2, 0) is 6.42 Å². The molecule has 0 aliphatic rings. The Morgan fingerprint density at radius 1 is 1.35 bits per heavy atom. The summed E-state index contributed by atoms with van der Waals surface area (Å²) in [5, 5.41) is 12.4. The van der Waals surface area contributed by atoms with E-state index in [0.29, 0.717) is 5.56 Å². The van der Waals surface area contributed by atoms with Gasteiger partial charge in [0.15, 0.2) is 0 Å². The Balaban J connectivity index is 2.24. The van der Waals surface area contributed by atoms with Crippen molar-refractivity contribution in [3.05, 3.63) is 51.5 Å². The molecule has 0 radical (unpaired) electrons. The van der Waals surface area contributed by atoms with Crippen molar-refractivity contribution >= 4 is 11.3 Å². The zero-order chi connectivity index (χ0) is 12.4. The summed E-state index contributed by atoms with van der Waals surface area (Å²) in [6.45, 7) is 1.54. The van der Waals surface area contributed by atoms with Gasteiger partial charge in [0.25, 0.3) is 0 Å². The summed E-state index contributed by atoms with van der Waals surface area (Å²) in [5.74, 6) is -1.33. The van der Waals surface area contributed by atoms with Crippen LogP contribution in [0.1, 0.15) is 22.2 Å². The molecule has 17 heavy (non-hydrogen) atoms. The summed E-state index contributed by atoms with van der Waals surface area (Å²) < 4.78 is 26.6. The number of nitrogens with zero attached hydrogens (tertiary/aromatic N) is 1. The zero-order valence-corrected chi connectivity index (χ0v) is 9.97. The van der Waals surface area contributed by atoms with Crippen LogP contribution in [0.25, 0.3) is 0 Å². The Kier molecular flexibility index (Phi) is 3.49. The molecule has 1 atom stereocenters. The van der Waals surface area contributed by atoms with E-state index in [1.807, 2.05) is 0 Å². The Labute approximate surface area is 102 Å². The first-order valence-corrected chi connectivity index (χ1v) is 5.98. The molecule has 1 aromatic heterocycles. The van der Waals surface area contributed by atoms with Gasteiger partial charge in [-0.15, -0.1) is 11.3 Å². The Bertz CT molecular complexity index is 513.